The number of nitrogens with zero attached hydrogens (tertiary/aromatic N) is 1. The summed E-state index contributed by atoms with van der Waals surface area (Å²) in [5, 5.41) is 13.3. The molecule has 1 amide bonds. The van der Waals surface area contributed by atoms with E-state index >= 15 is 0 Å². The molecular weight excluding hydrogens is 274 g/mol. The van der Waals surface area contributed by atoms with Gasteiger partial charge in [0, 0.05) is 31.8 Å². The predicted octanol–water partition coefficient (Wildman–Crippen LogP) is 0.607. The summed E-state index contributed by atoms with van der Waals surface area (Å²) in [4.78, 5) is 21.8. The SMILES string of the molecule is COC(CN)C(=O)NCc1ccccc1[N+](=O)[O-].Cl. The number of nitrogens with two attached hydrogens (primary N) is 1. The molecule has 7 nitrogen and oxygen atoms in total. The number of carbonyl (C=O) groups is 1. The standard InChI is InChI=1S/C11H15N3O4.ClH/c1-18-10(6-12)11(15)13-7-8-4-2-3-5-9(8)14(16)17;/h2-5,10H,6-7,12H2,1H3,(H,13,15);1H. The number of rotatable bonds is 6. The maximum Gasteiger partial charge on any atom is 0.274 e. The fourth-order valence-corrected chi connectivity index (χ4v) is 1.44. The minimum Gasteiger partial charge on any atom is -0.370 e. The van der Waals surface area contributed by atoms with Crippen LogP contribution in [0.3, 0.4) is 0 Å². The summed E-state index contributed by atoms with van der Waals surface area (Å²) >= 11 is 0. The molecule has 0 saturated heterocycles. The van der Waals surface area contributed by atoms with Crippen LogP contribution in [-0.4, -0.2) is 30.6 Å². The molecule has 0 saturated carbocycles. The number of methoxy groups -OCH3 is 1. The quantitative estimate of drug-likeness (QED) is 0.589. The highest BCUT2D eigenvalue weighted by Crippen LogP contribution is 2.17. The smallest absolute Gasteiger partial charge is 0.274 e. The van der Waals surface area contributed by atoms with Crippen LogP contribution in [0.15, 0.2) is 24.3 Å². The summed E-state index contributed by atoms with van der Waals surface area (Å²) in [5.74, 6) is -0.391. The molecule has 0 aliphatic rings. The lowest BCUT2D eigenvalue weighted by Crippen LogP contribution is -2.40. The molecule has 0 aromatic heterocycles. The third-order valence-electron chi connectivity index (χ3n) is 2.43. The van der Waals surface area contributed by atoms with Crippen molar-refractivity contribution in [2.24, 2.45) is 5.73 Å². The summed E-state index contributed by atoms with van der Waals surface area (Å²) in [5.41, 5.74) is 5.74. The van der Waals surface area contributed by atoms with Gasteiger partial charge in [-0.05, 0) is 0 Å². The van der Waals surface area contributed by atoms with Crippen LogP contribution in [0.1, 0.15) is 5.56 Å². The molecular formula is C11H16ClN3O4. The number of nitro groups is 1. The second kappa shape index (κ2) is 8.41. The highest BCUT2D eigenvalue weighted by Gasteiger charge is 2.17. The lowest BCUT2D eigenvalue weighted by Gasteiger charge is -2.12. The monoisotopic (exact) mass is 289 g/mol. The average molecular weight is 290 g/mol. The summed E-state index contributed by atoms with van der Waals surface area (Å²) in [6, 6.07) is 6.22. The molecule has 0 radical (unpaired) electrons. The molecule has 3 N–H and O–H groups in total. The van der Waals surface area contributed by atoms with Gasteiger partial charge in [0.25, 0.3) is 11.6 Å². The zero-order valence-electron chi connectivity index (χ0n) is 10.4. The van der Waals surface area contributed by atoms with Crippen molar-refractivity contribution in [3.8, 4) is 0 Å². The van der Waals surface area contributed by atoms with Crippen LogP contribution in [-0.2, 0) is 16.1 Å². The molecule has 0 spiro atoms. The van der Waals surface area contributed by atoms with Gasteiger partial charge in [-0.2, -0.15) is 0 Å². The Bertz CT molecular complexity index is 438. The summed E-state index contributed by atoms with van der Waals surface area (Å²) in [7, 11) is 1.38. The Kier molecular flexibility index (Phi) is 7.66. The lowest BCUT2D eigenvalue weighted by atomic mass is 10.2. The molecule has 1 atom stereocenters. The molecule has 8 heteroatoms. The topological polar surface area (TPSA) is 107 Å². The van der Waals surface area contributed by atoms with Crippen molar-refractivity contribution >= 4 is 24.0 Å². The Morgan fingerprint density at radius 3 is 2.68 bits per heavy atom. The molecule has 1 rings (SSSR count). The maximum atomic E-state index is 11.6. The van der Waals surface area contributed by atoms with Gasteiger partial charge in [-0.15, -0.1) is 12.4 Å². The van der Waals surface area contributed by atoms with Crippen LogP contribution in [0, 0.1) is 10.1 Å². The van der Waals surface area contributed by atoms with Gasteiger partial charge in [-0.25, -0.2) is 0 Å². The maximum absolute atomic E-state index is 11.6. The van der Waals surface area contributed by atoms with Gasteiger partial charge >= 0.3 is 0 Å². The minimum atomic E-state index is -0.743. The second-order valence-corrected chi connectivity index (χ2v) is 3.56. The van der Waals surface area contributed by atoms with E-state index in [1.807, 2.05) is 0 Å². The van der Waals surface area contributed by atoms with Gasteiger partial charge in [-0.3, -0.25) is 14.9 Å². The predicted molar refractivity (Wildman–Crippen MR) is 72.0 cm³/mol. The van der Waals surface area contributed by atoms with Crippen LogP contribution in [0.4, 0.5) is 5.69 Å². The Hall–Kier alpha value is -1.70. The second-order valence-electron chi connectivity index (χ2n) is 3.56. The van der Waals surface area contributed by atoms with E-state index < -0.39 is 16.9 Å². The molecule has 0 heterocycles. The van der Waals surface area contributed by atoms with Crippen LogP contribution in [0.2, 0.25) is 0 Å². The van der Waals surface area contributed by atoms with E-state index in [2.05, 4.69) is 5.32 Å². The minimum absolute atomic E-state index is 0. The van der Waals surface area contributed by atoms with Crippen molar-refractivity contribution < 1.29 is 14.5 Å². The van der Waals surface area contributed by atoms with Gasteiger partial charge in [0.15, 0.2) is 0 Å². The molecule has 0 aliphatic heterocycles. The van der Waals surface area contributed by atoms with Gasteiger partial charge in [0.2, 0.25) is 0 Å². The van der Waals surface area contributed by atoms with Crippen LogP contribution >= 0.6 is 12.4 Å². The lowest BCUT2D eigenvalue weighted by molar-refractivity contribution is -0.385. The Balaban J connectivity index is 0.00000324. The van der Waals surface area contributed by atoms with E-state index in [4.69, 9.17) is 10.5 Å². The fourth-order valence-electron chi connectivity index (χ4n) is 1.44. The van der Waals surface area contributed by atoms with Crippen molar-refractivity contribution in [1.29, 1.82) is 0 Å². The number of halogens is 1. The number of carbonyl (C=O) groups excluding carboxylic acids is 1. The van der Waals surface area contributed by atoms with E-state index in [1.54, 1.807) is 18.2 Å². The van der Waals surface area contributed by atoms with Crippen molar-refractivity contribution in [3.05, 3.63) is 39.9 Å². The van der Waals surface area contributed by atoms with E-state index in [0.29, 0.717) is 5.56 Å². The molecule has 0 aliphatic carbocycles. The van der Waals surface area contributed by atoms with Crippen molar-refractivity contribution in [2.45, 2.75) is 12.6 Å². The summed E-state index contributed by atoms with van der Waals surface area (Å²) in [6.45, 7) is 0.120. The number of nitrogens with one attached hydrogen (secondary N) is 1. The third-order valence-corrected chi connectivity index (χ3v) is 2.43. The number of hydrogen-bond donors (Lipinski definition) is 2. The van der Waals surface area contributed by atoms with Crippen LogP contribution in [0.5, 0.6) is 0 Å². The summed E-state index contributed by atoms with van der Waals surface area (Å²) < 4.78 is 4.86. The van der Waals surface area contributed by atoms with Gasteiger partial charge < -0.3 is 15.8 Å². The van der Waals surface area contributed by atoms with Gasteiger partial charge in [0.1, 0.15) is 6.10 Å². The molecule has 1 aromatic rings. The number of hydrogen-bond acceptors (Lipinski definition) is 5. The van der Waals surface area contributed by atoms with Crippen LogP contribution in [0.25, 0.3) is 0 Å². The molecule has 1 unspecified atom stereocenters. The van der Waals surface area contributed by atoms with Gasteiger partial charge in [0.05, 0.1) is 4.92 Å². The number of para-hydroxylation sites is 1. The third kappa shape index (κ3) is 4.82. The van der Waals surface area contributed by atoms with E-state index in [-0.39, 0.29) is 31.2 Å². The van der Waals surface area contributed by atoms with Crippen molar-refractivity contribution in [3.63, 3.8) is 0 Å². The number of ether oxygens (including phenoxy) is 1. The first-order valence-corrected chi connectivity index (χ1v) is 5.33. The van der Waals surface area contributed by atoms with Crippen molar-refractivity contribution in [2.75, 3.05) is 13.7 Å². The highest BCUT2D eigenvalue weighted by atomic mass is 35.5. The zero-order chi connectivity index (χ0) is 13.5. The molecule has 19 heavy (non-hydrogen) atoms. The first-order valence-electron chi connectivity index (χ1n) is 5.33. The van der Waals surface area contributed by atoms with E-state index in [1.165, 1.54) is 13.2 Å². The van der Waals surface area contributed by atoms with Crippen molar-refractivity contribution in [1.82, 2.24) is 5.32 Å². The molecule has 1 aromatic carbocycles. The fraction of sp³-hybridized carbons (Fsp3) is 0.364. The highest BCUT2D eigenvalue weighted by molar-refractivity contribution is 5.85. The van der Waals surface area contributed by atoms with Gasteiger partial charge in [-0.1, -0.05) is 18.2 Å². The van der Waals surface area contributed by atoms with Crippen LogP contribution < -0.4 is 11.1 Å². The normalized spacial score (nSPS) is 11.3. The van der Waals surface area contributed by atoms with E-state index in [9.17, 15) is 14.9 Å². The zero-order valence-corrected chi connectivity index (χ0v) is 11.2. The Morgan fingerprint density at radius 1 is 1.53 bits per heavy atom. The first-order chi connectivity index (χ1) is 8.60. The molecule has 0 fully saturated rings. The van der Waals surface area contributed by atoms with E-state index in [0.717, 1.165) is 0 Å². The number of nitro benzene ring substituents is 1. The average Bonchev–Trinajstić information content (AvgIpc) is 2.38. The molecule has 106 valence electrons. The Labute approximate surface area is 116 Å². The summed E-state index contributed by atoms with van der Waals surface area (Å²) in [6.07, 6.45) is -0.743. The first kappa shape index (κ1) is 17.3. The largest absolute Gasteiger partial charge is 0.370 e. The number of benzene rings is 1. The number of amides is 1. The molecule has 0 bridgehead atoms. The Morgan fingerprint density at radius 2 is 2.16 bits per heavy atom.